The van der Waals surface area contributed by atoms with Crippen molar-refractivity contribution in [2.45, 2.75) is 59.8 Å². The van der Waals surface area contributed by atoms with E-state index in [0.29, 0.717) is 25.7 Å². The van der Waals surface area contributed by atoms with Gasteiger partial charge in [-0.25, -0.2) is 10.9 Å². The van der Waals surface area contributed by atoms with Gasteiger partial charge < -0.3 is 0 Å². The minimum Gasteiger partial charge on any atom is -0.273 e. The number of rotatable bonds is 10. The Balaban J connectivity index is 1.63. The number of carbonyl (C=O) groups excluding carboxylic acids is 2. The van der Waals surface area contributed by atoms with Crippen LogP contribution in [0.4, 0.5) is 0 Å². The van der Waals surface area contributed by atoms with Crippen LogP contribution in [0.15, 0.2) is 58.7 Å². The molecule has 6 nitrogen and oxygen atoms in total. The van der Waals surface area contributed by atoms with E-state index < -0.39 is 0 Å². The lowest BCUT2D eigenvalue weighted by Crippen LogP contribution is -2.19. The minimum atomic E-state index is -0.116. The zero-order chi connectivity index (χ0) is 22.6. The number of hydrogen-bond acceptors (Lipinski definition) is 4. The van der Waals surface area contributed by atoms with E-state index in [4.69, 9.17) is 0 Å². The van der Waals surface area contributed by atoms with Crippen molar-refractivity contribution < 1.29 is 9.59 Å². The van der Waals surface area contributed by atoms with Crippen molar-refractivity contribution in [2.24, 2.45) is 10.2 Å². The molecule has 0 aliphatic rings. The summed E-state index contributed by atoms with van der Waals surface area (Å²) in [6.45, 7) is 7.79. The summed E-state index contributed by atoms with van der Waals surface area (Å²) >= 11 is 0. The Kier molecular flexibility index (Phi) is 9.62. The lowest BCUT2D eigenvalue weighted by molar-refractivity contribution is -0.121. The second-order valence-corrected chi connectivity index (χ2v) is 7.76. The molecule has 0 radical (unpaired) electrons. The molecule has 0 atom stereocenters. The van der Waals surface area contributed by atoms with Gasteiger partial charge in [-0.05, 0) is 51.7 Å². The average molecular weight is 421 g/mol. The lowest BCUT2D eigenvalue weighted by atomic mass is 10.1. The maximum absolute atomic E-state index is 12.0. The third-order valence-corrected chi connectivity index (χ3v) is 4.88. The molecule has 0 spiro atoms. The standard InChI is InChI=1S/C25H32N4O2/c1-18-10-8-12-22(16-18)20(3)26-28-24(30)14-6-5-7-15-25(31)29-27-21(4)23-13-9-11-19(2)17-23/h8-13,16-17H,5-7,14-15H2,1-4H3,(H,28,30)(H,29,31)/b26-20+,27-21+. The van der Waals surface area contributed by atoms with E-state index in [1.165, 1.54) is 0 Å². The van der Waals surface area contributed by atoms with Gasteiger partial charge in [-0.2, -0.15) is 10.2 Å². The van der Waals surface area contributed by atoms with Crippen molar-refractivity contribution in [2.75, 3.05) is 0 Å². The first-order valence-electron chi connectivity index (χ1n) is 10.7. The summed E-state index contributed by atoms with van der Waals surface area (Å²) in [6.07, 6.45) is 2.99. The van der Waals surface area contributed by atoms with Crippen molar-refractivity contribution in [1.29, 1.82) is 0 Å². The monoisotopic (exact) mass is 420 g/mol. The van der Waals surface area contributed by atoms with Crippen molar-refractivity contribution in [3.05, 3.63) is 70.8 Å². The summed E-state index contributed by atoms with van der Waals surface area (Å²) < 4.78 is 0. The summed E-state index contributed by atoms with van der Waals surface area (Å²) in [5.74, 6) is -0.232. The van der Waals surface area contributed by atoms with Gasteiger partial charge >= 0.3 is 0 Å². The van der Waals surface area contributed by atoms with Crippen LogP contribution in [0.2, 0.25) is 0 Å². The first-order valence-corrected chi connectivity index (χ1v) is 10.7. The quantitative estimate of drug-likeness (QED) is 0.334. The second-order valence-electron chi connectivity index (χ2n) is 7.76. The van der Waals surface area contributed by atoms with E-state index >= 15 is 0 Å². The molecule has 2 aromatic carbocycles. The Morgan fingerprint density at radius 3 is 1.52 bits per heavy atom. The highest BCUT2D eigenvalue weighted by molar-refractivity contribution is 6.00. The summed E-state index contributed by atoms with van der Waals surface area (Å²) in [6, 6.07) is 16.0. The maximum atomic E-state index is 12.0. The molecule has 6 heteroatoms. The Morgan fingerprint density at radius 1 is 0.710 bits per heavy atom. The third-order valence-electron chi connectivity index (χ3n) is 4.88. The highest BCUT2D eigenvalue weighted by atomic mass is 16.2. The smallest absolute Gasteiger partial charge is 0.240 e. The van der Waals surface area contributed by atoms with Crippen LogP contribution in [0.1, 0.15) is 68.2 Å². The molecule has 0 aliphatic heterocycles. The molecule has 0 fully saturated rings. The normalized spacial score (nSPS) is 11.9. The molecule has 31 heavy (non-hydrogen) atoms. The molecule has 0 aromatic heterocycles. The predicted molar refractivity (Wildman–Crippen MR) is 126 cm³/mol. The van der Waals surface area contributed by atoms with E-state index in [1.54, 1.807) is 0 Å². The number of nitrogens with zero attached hydrogens (tertiary/aromatic N) is 2. The molecular formula is C25H32N4O2. The average Bonchev–Trinajstić information content (AvgIpc) is 2.75. The molecule has 0 unspecified atom stereocenters. The number of benzene rings is 2. The van der Waals surface area contributed by atoms with E-state index in [-0.39, 0.29) is 11.8 Å². The van der Waals surface area contributed by atoms with Crippen LogP contribution < -0.4 is 10.9 Å². The number of hydrazone groups is 2. The second kappa shape index (κ2) is 12.4. The number of aryl methyl sites for hydroxylation is 2. The largest absolute Gasteiger partial charge is 0.273 e. The summed E-state index contributed by atoms with van der Waals surface area (Å²) in [7, 11) is 0. The Hall–Kier alpha value is -3.28. The molecule has 164 valence electrons. The van der Waals surface area contributed by atoms with Gasteiger partial charge in [0, 0.05) is 12.8 Å². The van der Waals surface area contributed by atoms with Crippen LogP contribution in [-0.4, -0.2) is 23.2 Å². The van der Waals surface area contributed by atoms with Crippen LogP contribution in [0.3, 0.4) is 0 Å². The summed E-state index contributed by atoms with van der Waals surface area (Å²) in [5, 5.41) is 8.34. The number of amides is 2. The van der Waals surface area contributed by atoms with Crippen LogP contribution in [0.25, 0.3) is 0 Å². The fraction of sp³-hybridized carbons (Fsp3) is 0.360. The molecule has 2 rings (SSSR count). The minimum absolute atomic E-state index is 0.116. The fourth-order valence-electron chi connectivity index (χ4n) is 3.02. The molecule has 0 heterocycles. The highest BCUT2D eigenvalue weighted by Crippen LogP contribution is 2.07. The van der Waals surface area contributed by atoms with Crippen molar-refractivity contribution >= 4 is 23.2 Å². The zero-order valence-electron chi connectivity index (χ0n) is 18.9. The van der Waals surface area contributed by atoms with E-state index in [9.17, 15) is 9.59 Å². The number of nitrogens with one attached hydrogen (secondary N) is 2. The van der Waals surface area contributed by atoms with Crippen molar-refractivity contribution in [3.8, 4) is 0 Å². The van der Waals surface area contributed by atoms with Crippen LogP contribution in [0.5, 0.6) is 0 Å². The zero-order valence-corrected chi connectivity index (χ0v) is 18.9. The van der Waals surface area contributed by atoms with E-state index in [2.05, 4.69) is 21.1 Å². The Labute approximate surface area is 184 Å². The van der Waals surface area contributed by atoms with E-state index in [0.717, 1.165) is 40.1 Å². The first kappa shape index (κ1) is 24.0. The van der Waals surface area contributed by atoms with Crippen LogP contribution >= 0.6 is 0 Å². The molecule has 0 saturated carbocycles. The lowest BCUT2D eigenvalue weighted by Gasteiger charge is -2.05. The summed E-state index contributed by atoms with van der Waals surface area (Å²) in [5.41, 5.74) is 11.0. The van der Waals surface area contributed by atoms with Gasteiger partial charge in [0.05, 0.1) is 11.4 Å². The van der Waals surface area contributed by atoms with Crippen LogP contribution in [0, 0.1) is 13.8 Å². The molecular weight excluding hydrogens is 388 g/mol. The van der Waals surface area contributed by atoms with Gasteiger partial charge in [-0.3, -0.25) is 9.59 Å². The Morgan fingerprint density at radius 2 is 1.13 bits per heavy atom. The molecule has 0 bridgehead atoms. The molecule has 2 N–H and O–H groups in total. The SMILES string of the molecule is C/C(=N\NC(=O)CCCCCC(=O)N/N=C(\C)c1cccc(C)c1)c1cccc(C)c1. The molecule has 0 saturated heterocycles. The molecule has 2 aromatic rings. The first-order chi connectivity index (χ1) is 14.8. The van der Waals surface area contributed by atoms with Gasteiger partial charge in [0.1, 0.15) is 0 Å². The predicted octanol–water partition coefficient (Wildman–Crippen LogP) is 4.63. The van der Waals surface area contributed by atoms with E-state index in [1.807, 2.05) is 76.2 Å². The molecule has 0 aliphatic carbocycles. The fourth-order valence-corrected chi connectivity index (χ4v) is 3.02. The van der Waals surface area contributed by atoms with Gasteiger partial charge in [-0.1, -0.05) is 66.1 Å². The number of unbranched alkanes of at least 4 members (excludes halogenated alkanes) is 2. The number of carbonyl (C=O) groups is 2. The number of hydrogen-bond donors (Lipinski definition) is 2. The summed E-state index contributed by atoms with van der Waals surface area (Å²) in [4.78, 5) is 23.9. The van der Waals surface area contributed by atoms with Crippen molar-refractivity contribution in [3.63, 3.8) is 0 Å². The van der Waals surface area contributed by atoms with Gasteiger partial charge in [-0.15, -0.1) is 0 Å². The van der Waals surface area contributed by atoms with Gasteiger partial charge in [0.15, 0.2) is 0 Å². The van der Waals surface area contributed by atoms with Gasteiger partial charge in [0.2, 0.25) is 11.8 Å². The maximum Gasteiger partial charge on any atom is 0.240 e. The Bertz CT molecular complexity index is 886. The van der Waals surface area contributed by atoms with Crippen molar-refractivity contribution in [1.82, 2.24) is 10.9 Å². The third kappa shape index (κ3) is 8.95. The molecule has 2 amide bonds. The van der Waals surface area contributed by atoms with Gasteiger partial charge in [0.25, 0.3) is 0 Å². The highest BCUT2D eigenvalue weighted by Gasteiger charge is 2.04. The van der Waals surface area contributed by atoms with Crippen LogP contribution in [-0.2, 0) is 9.59 Å². The topological polar surface area (TPSA) is 82.9 Å².